The summed E-state index contributed by atoms with van der Waals surface area (Å²) in [7, 11) is 4.74. The van der Waals surface area contributed by atoms with Crippen LogP contribution in [0.2, 0.25) is 0 Å². The van der Waals surface area contributed by atoms with E-state index in [-0.39, 0.29) is 11.8 Å². The first kappa shape index (κ1) is 21.6. The second-order valence-electron chi connectivity index (χ2n) is 7.01. The fourth-order valence-electron chi connectivity index (χ4n) is 3.20. The molecule has 0 aliphatic heterocycles. The maximum Gasteiger partial charge on any atom is 0.220 e. The van der Waals surface area contributed by atoms with Crippen molar-refractivity contribution >= 4 is 5.91 Å². The van der Waals surface area contributed by atoms with Crippen LogP contribution in [0.15, 0.2) is 18.2 Å². The Bertz CT molecular complexity index is 801. The fraction of sp³-hybridized carbons (Fsp3) is 0.524. The van der Waals surface area contributed by atoms with E-state index >= 15 is 0 Å². The molecule has 154 valence electrons. The molecular formula is C21H31N3O4. The van der Waals surface area contributed by atoms with Crippen molar-refractivity contribution in [3.8, 4) is 17.2 Å². The average molecular weight is 389 g/mol. The molecular weight excluding hydrogens is 358 g/mol. The summed E-state index contributed by atoms with van der Waals surface area (Å²) in [6.07, 6.45) is 0.930. The van der Waals surface area contributed by atoms with Crippen LogP contribution in [0.25, 0.3) is 0 Å². The van der Waals surface area contributed by atoms with Gasteiger partial charge in [-0.15, -0.1) is 0 Å². The number of rotatable bonds is 10. The molecule has 0 radical (unpaired) electrons. The van der Waals surface area contributed by atoms with Gasteiger partial charge in [0.2, 0.25) is 11.7 Å². The molecule has 1 N–H and O–H groups in total. The Morgan fingerprint density at radius 1 is 1.14 bits per heavy atom. The van der Waals surface area contributed by atoms with Gasteiger partial charge in [-0.2, -0.15) is 5.10 Å². The number of methoxy groups -OCH3 is 3. The summed E-state index contributed by atoms with van der Waals surface area (Å²) < 4.78 is 18.1. The molecule has 0 saturated heterocycles. The standard InChI is InChI=1S/C21H31N3O4/c1-14(13-24-16(3)11-15(2)23-24)12-22-19(25)10-8-17-7-9-18(26-4)21(28-6)20(17)27-5/h7,9,11,14H,8,10,12-13H2,1-6H3,(H,22,25). The molecule has 7 nitrogen and oxygen atoms in total. The van der Waals surface area contributed by atoms with Gasteiger partial charge >= 0.3 is 0 Å². The van der Waals surface area contributed by atoms with Gasteiger partial charge in [0.15, 0.2) is 11.5 Å². The largest absolute Gasteiger partial charge is 0.493 e. The lowest BCUT2D eigenvalue weighted by atomic mass is 10.1. The van der Waals surface area contributed by atoms with Crippen LogP contribution in [-0.2, 0) is 17.8 Å². The second-order valence-corrected chi connectivity index (χ2v) is 7.01. The molecule has 1 aromatic carbocycles. The summed E-state index contributed by atoms with van der Waals surface area (Å²) in [4.78, 5) is 12.3. The van der Waals surface area contributed by atoms with E-state index in [9.17, 15) is 4.79 Å². The monoisotopic (exact) mass is 389 g/mol. The molecule has 0 fully saturated rings. The molecule has 7 heteroatoms. The number of aromatic nitrogens is 2. The molecule has 1 unspecified atom stereocenters. The first-order valence-electron chi connectivity index (χ1n) is 9.45. The summed E-state index contributed by atoms with van der Waals surface area (Å²) >= 11 is 0. The minimum Gasteiger partial charge on any atom is -0.493 e. The Hall–Kier alpha value is -2.70. The van der Waals surface area contributed by atoms with Crippen LogP contribution in [0.3, 0.4) is 0 Å². The molecule has 0 bridgehead atoms. The topological polar surface area (TPSA) is 74.6 Å². The van der Waals surface area contributed by atoms with Crippen LogP contribution in [0.1, 0.15) is 30.3 Å². The zero-order chi connectivity index (χ0) is 20.7. The minimum atomic E-state index is 0.0112. The Morgan fingerprint density at radius 3 is 2.43 bits per heavy atom. The maximum absolute atomic E-state index is 12.3. The summed E-state index contributed by atoms with van der Waals surface area (Å²) in [6.45, 7) is 7.53. The van der Waals surface area contributed by atoms with Crippen LogP contribution in [-0.4, -0.2) is 43.6 Å². The smallest absolute Gasteiger partial charge is 0.220 e. The highest BCUT2D eigenvalue weighted by Gasteiger charge is 2.16. The first-order valence-corrected chi connectivity index (χ1v) is 9.45. The van der Waals surface area contributed by atoms with Crippen molar-refractivity contribution in [2.45, 2.75) is 40.2 Å². The van der Waals surface area contributed by atoms with E-state index < -0.39 is 0 Å². The normalized spacial score (nSPS) is 11.8. The highest BCUT2D eigenvalue weighted by atomic mass is 16.5. The third-order valence-corrected chi connectivity index (χ3v) is 4.64. The molecule has 2 rings (SSSR count). The van der Waals surface area contributed by atoms with Gasteiger partial charge in [0.05, 0.1) is 27.0 Å². The molecule has 1 heterocycles. The van der Waals surface area contributed by atoms with Gasteiger partial charge in [-0.1, -0.05) is 13.0 Å². The number of nitrogens with zero attached hydrogens (tertiary/aromatic N) is 2. The molecule has 0 spiro atoms. The minimum absolute atomic E-state index is 0.0112. The lowest BCUT2D eigenvalue weighted by molar-refractivity contribution is -0.121. The van der Waals surface area contributed by atoms with Crippen molar-refractivity contribution in [3.63, 3.8) is 0 Å². The number of ether oxygens (including phenoxy) is 3. The molecule has 1 aromatic heterocycles. The van der Waals surface area contributed by atoms with Crippen LogP contribution in [0.4, 0.5) is 0 Å². The Morgan fingerprint density at radius 2 is 1.86 bits per heavy atom. The van der Waals surface area contributed by atoms with Gasteiger partial charge in [0.1, 0.15) is 0 Å². The van der Waals surface area contributed by atoms with Gasteiger partial charge in [-0.3, -0.25) is 9.48 Å². The summed E-state index contributed by atoms with van der Waals surface area (Å²) in [5.41, 5.74) is 3.06. The quantitative estimate of drug-likeness (QED) is 0.676. The maximum atomic E-state index is 12.3. The molecule has 0 saturated carbocycles. The van der Waals surface area contributed by atoms with Crippen molar-refractivity contribution in [1.82, 2.24) is 15.1 Å². The lowest BCUT2D eigenvalue weighted by Crippen LogP contribution is -2.30. The zero-order valence-corrected chi connectivity index (χ0v) is 17.7. The molecule has 28 heavy (non-hydrogen) atoms. The number of carbonyl (C=O) groups excluding carboxylic acids is 1. The van der Waals surface area contributed by atoms with E-state index in [0.29, 0.717) is 36.6 Å². The Kier molecular flexibility index (Phi) is 7.72. The van der Waals surface area contributed by atoms with E-state index in [1.165, 1.54) is 0 Å². The van der Waals surface area contributed by atoms with Gasteiger partial charge in [-0.05, 0) is 43.9 Å². The second kappa shape index (κ2) is 10.0. The van der Waals surface area contributed by atoms with E-state index in [1.54, 1.807) is 21.3 Å². The van der Waals surface area contributed by atoms with Crippen LogP contribution in [0, 0.1) is 19.8 Å². The van der Waals surface area contributed by atoms with E-state index in [0.717, 1.165) is 23.5 Å². The van der Waals surface area contributed by atoms with Gasteiger partial charge in [0, 0.05) is 25.2 Å². The highest BCUT2D eigenvalue weighted by molar-refractivity contribution is 5.76. The van der Waals surface area contributed by atoms with Crippen molar-refractivity contribution in [3.05, 3.63) is 35.2 Å². The molecule has 1 atom stereocenters. The number of nitrogens with one attached hydrogen (secondary N) is 1. The zero-order valence-electron chi connectivity index (χ0n) is 17.7. The van der Waals surface area contributed by atoms with Crippen molar-refractivity contribution < 1.29 is 19.0 Å². The first-order chi connectivity index (χ1) is 13.4. The number of benzene rings is 1. The number of hydrogen-bond acceptors (Lipinski definition) is 5. The molecule has 0 aliphatic rings. The molecule has 2 aromatic rings. The van der Waals surface area contributed by atoms with Crippen molar-refractivity contribution in [2.24, 2.45) is 5.92 Å². The number of amides is 1. The Balaban J connectivity index is 1.88. The predicted octanol–water partition coefficient (Wildman–Crippen LogP) is 2.91. The number of hydrogen-bond donors (Lipinski definition) is 1. The van der Waals surface area contributed by atoms with Crippen molar-refractivity contribution in [2.75, 3.05) is 27.9 Å². The Labute approximate surface area is 167 Å². The summed E-state index contributed by atoms with van der Waals surface area (Å²) in [5, 5.41) is 7.48. The van der Waals surface area contributed by atoms with Gasteiger partial charge in [0.25, 0.3) is 0 Å². The number of carbonyl (C=O) groups is 1. The molecule has 1 amide bonds. The predicted molar refractivity (Wildman–Crippen MR) is 108 cm³/mol. The van der Waals surface area contributed by atoms with E-state index in [2.05, 4.69) is 23.4 Å². The van der Waals surface area contributed by atoms with Crippen molar-refractivity contribution in [1.29, 1.82) is 0 Å². The van der Waals surface area contributed by atoms with E-state index in [4.69, 9.17) is 14.2 Å². The van der Waals surface area contributed by atoms with Crippen LogP contribution >= 0.6 is 0 Å². The SMILES string of the molecule is COc1ccc(CCC(=O)NCC(C)Cn2nc(C)cc2C)c(OC)c1OC. The lowest BCUT2D eigenvalue weighted by Gasteiger charge is -2.16. The number of aryl methyl sites for hydroxylation is 3. The van der Waals surface area contributed by atoms with E-state index in [1.807, 2.05) is 30.7 Å². The third kappa shape index (κ3) is 5.41. The average Bonchev–Trinajstić information content (AvgIpc) is 3.00. The molecule has 0 aliphatic carbocycles. The van der Waals surface area contributed by atoms with Crippen LogP contribution < -0.4 is 19.5 Å². The highest BCUT2D eigenvalue weighted by Crippen LogP contribution is 2.40. The third-order valence-electron chi connectivity index (χ3n) is 4.64. The summed E-state index contributed by atoms with van der Waals surface area (Å²) in [5.74, 6) is 2.05. The van der Waals surface area contributed by atoms with Gasteiger partial charge < -0.3 is 19.5 Å². The summed E-state index contributed by atoms with van der Waals surface area (Å²) in [6, 6.07) is 5.78. The van der Waals surface area contributed by atoms with Crippen LogP contribution in [0.5, 0.6) is 17.2 Å². The van der Waals surface area contributed by atoms with Gasteiger partial charge in [-0.25, -0.2) is 0 Å². The fourth-order valence-corrected chi connectivity index (χ4v) is 3.20.